The molecule has 24 heavy (non-hydrogen) atoms. The van der Waals surface area contributed by atoms with Crippen LogP contribution in [0.3, 0.4) is 0 Å². The monoisotopic (exact) mass is 331 g/mol. The molecule has 1 aromatic carbocycles. The van der Waals surface area contributed by atoms with Gasteiger partial charge in [0.1, 0.15) is 11.7 Å². The topological polar surface area (TPSA) is 63.7 Å². The maximum atomic E-state index is 12.8. The van der Waals surface area contributed by atoms with E-state index in [1.54, 1.807) is 18.7 Å². The number of hydrogen-bond donors (Lipinski definition) is 0. The summed E-state index contributed by atoms with van der Waals surface area (Å²) in [6, 6.07) is 9.55. The van der Waals surface area contributed by atoms with Gasteiger partial charge in [-0.1, -0.05) is 37.3 Å². The van der Waals surface area contributed by atoms with E-state index in [1.807, 2.05) is 37.3 Å². The zero-order valence-corrected chi connectivity index (χ0v) is 14.7. The summed E-state index contributed by atoms with van der Waals surface area (Å²) in [6.07, 6.45) is 0. The number of hydrogen-bond acceptors (Lipinski definition) is 4. The van der Waals surface area contributed by atoms with Crippen molar-refractivity contribution in [2.45, 2.75) is 33.7 Å². The van der Waals surface area contributed by atoms with Crippen LogP contribution in [0, 0.1) is 17.8 Å². The number of carbonyl (C=O) groups is 3. The molecular weight excluding hydrogens is 306 g/mol. The van der Waals surface area contributed by atoms with Gasteiger partial charge in [0.05, 0.1) is 18.6 Å². The summed E-state index contributed by atoms with van der Waals surface area (Å²) < 4.78 is 5.08. The van der Waals surface area contributed by atoms with Crippen molar-refractivity contribution in [3.05, 3.63) is 35.9 Å². The van der Waals surface area contributed by atoms with Crippen LogP contribution in [-0.2, 0) is 19.1 Å². The number of amides is 1. The average molecular weight is 331 g/mol. The Bertz CT molecular complexity index is 613. The SMILES string of the molecule is CCOC(=O)C(C)[C@H]1CN([C@H](C)c2ccccc2)C(=O)[C@H]1C(C)=O. The molecule has 130 valence electrons. The number of nitrogens with zero attached hydrogens (tertiary/aromatic N) is 1. The Hall–Kier alpha value is -2.17. The van der Waals surface area contributed by atoms with Crippen LogP contribution in [0.5, 0.6) is 0 Å². The molecule has 0 aliphatic carbocycles. The quantitative estimate of drug-likeness (QED) is 0.594. The molecule has 0 bridgehead atoms. The van der Waals surface area contributed by atoms with Gasteiger partial charge in [0.15, 0.2) is 0 Å². The van der Waals surface area contributed by atoms with Gasteiger partial charge in [-0.25, -0.2) is 0 Å². The molecular formula is C19H25NO4. The van der Waals surface area contributed by atoms with E-state index >= 15 is 0 Å². The number of likely N-dealkylation sites (tertiary alicyclic amines) is 1. The van der Waals surface area contributed by atoms with Crippen molar-refractivity contribution < 1.29 is 19.1 Å². The van der Waals surface area contributed by atoms with Crippen molar-refractivity contribution in [2.75, 3.05) is 13.2 Å². The Kier molecular flexibility index (Phi) is 5.75. The lowest BCUT2D eigenvalue weighted by atomic mass is 9.82. The first-order valence-corrected chi connectivity index (χ1v) is 8.41. The normalized spacial score (nSPS) is 23.0. The van der Waals surface area contributed by atoms with Crippen LogP contribution in [0.4, 0.5) is 0 Å². The van der Waals surface area contributed by atoms with E-state index in [4.69, 9.17) is 4.74 Å². The Morgan fingerprint density at radius 3 is 2.42 bits per heavy atom. The van der Waals surface area contributed by atoms with Crippen molar-refractivity contribution in [3.63, 3.8) is 0 Å². The first kappa shape index (κ1) is 18.2. The van der Waals surface area contributed by atoms with Gasteiger partial charge in [0.2, 0.25) is 5.91 Å². The lowest BCUT2D eigenvalue weighted by Gasteiger charge is -2.26. The molecule has 2 rings (SSSR count). The molecule has 1 aliphatic rings. The Balaban J connectivity index is 2.26. The molecule has 1 unspecified atom stereocenters. The van der Waals surface area contributed by atoms with Gasteiger partial charge in [-0.2, -0.15) is 0 Å². The van der Waals surface area contributed by atoms with Crippen LogP contribution in [0.1, 0.15) is 39.3 Å². The summed E-state index contributed by atoms with van der Waals surface area (Å²) in [5, 5.41) is 0. The van der Waals surface area contributed by atoms with Crippen LogP contribution in [0.15, 0.2) is 30.3 Å². The molecule has 5 nitrogen and oxygen atoms in total. The van der Waals surface area contributed by atoms with E-state index in [0.717, 1.165) is 5.56 Å². The van der Waals surface area contributed by atoms with Gasteiger partial charge in [0.25, 0.3) is 0 Å². The Labute approximate surface area is 143 Å². The highest BCUT2D eigenvalue weighted by Gasteiger charge is 2.48. The molecule has 5 heteroatoms. The highest BCUT2D eigenvalue weighted by Crippen LogP contribution is 2.37. The zero-order valence-electron chi connectivity index (χ0n) is 14.7. The van der Waals surface area contributed by atoms with Crippen molar-refractivity contribution in [1.82, 2.24) is 4.90 Å². The van der Waals surface area contributed by atoms with Crippen LogP contribution >= 0.6 is 0 Å². The molecule has 1 amide bonds. The minimum Gasteiger partial charge on any atom is -0.466 e. The van der Waals surface area contributed by atoms with Crippen molar-refractivity contribution in [2.24, 2.45) is 17.8 Å². The fraction of sp³-hybridized carbons (Fsp3) is 0.526. The standard InChI is InChI=1S/C19H25NO4/c1-5-24-19(23)12(2)16-11-20(18(22)17(16)14(4)21)13(3)15-9-7-6-8-10-15/h6-10,12-13,16-17H,5,11H2,1-4H3/t12?,13-,16-,17+/m1/s1. The number of Topliss-reactive ketones (excluding diaryl/α,β-unsaturated/α-hetero) is 1. The summed E-state index contributed by atoms with van der Waals surface area (Å²) in [6.45, 7) is 7.53. The largest absolute Gasteiger partial charge is 0.466 e. The van der Waals surface area contributed by atoms with Crippen LogP contribution < -0.4 is 0 Å². The second kappa shape index (κ2) is 7.60. The Morgan fingerprint density at radius 2 is 1.88 bits per heavy atom. The second-order valence-electron chi connectivity index (χ2n) is 6.37. The molecule has 0 radical (unpaired) electrons. The molecule has 1 heterocycles. The van der Waals surface area contributed by atoms with Crippen LogP contribution in [-0.4, -0.2) is 35.7 Å². The number of ether oxygens (including phenoxy) is 1. The van der Waals surface area contributed by atoms with Gasteiger partial charge >= 0.3 is 5.97 Å². The molecule has 0 spiro atoms. The first-order chi connectivity index (χ1) is 11.4. The maximum Gasteiger partial charge on any atom is 0.309 e. The molecule has 0 aromatic heterocycles. The van der Waals surface area contributed by atoms with Gasteiger partial charge < -0.3 is 9.64 Å². The summed E-state index contributed by atoms with van der Waals surface area (Å²) in [5.41, 5.74) is 1.01. The third-order valence-corrected chi connectivity index (χ3v) is 4.87. The number of esters is 1. The fourth-order valence-electron chi connectivity index (χ4n) is 3.42. The van der Waals surface area contributed by atoms with Gasteiger partial charge in [-0.3, -0.25) is 14.4 Å². The van der Waals surface area contributed by atoms with E-state index in [2.05, 4.69) is 0 Å². The highest BCUT2D eigenvalue weighted by atomic mass is 16.5. The summed E-state index contributed by atoms with van der Waals surface area (Å²) in [7, 11) is 0. The van der Waals surface area contributed by atoms with E-state index in [1.165, 1.54) is 6.92 Å². The summed E-state index contributed by atoms with van der Waals surface area (Å²) in [5.74, 6) is -2.34. The fourth-order valence-corrected chi connectivity index (χ4v) is 3.42. The molecule has 1 aliphatic heterocycles. The minimum absolute atomic E-state index is 0.139. The molecule has 1 fully saturated rings. The van der Waals surface area contributed by atoms with Gasteiger partial charge in [-0.15, -0.1) is 0 Å². The third kappa shape index (κ3) is 3.50. The first-order valence-electron chi connectivity index (χ1n) is 8.41. The number of benzene rings is 1. The third-order valence-electron chi connectivity index (χ3n) is 4.87. The van der Waals surface area contributed by atoms with E-state index < -0.39 is 11.8 Å². The molecule has 0 saturated carbocycles. The molecule has 0 N–H and O–H groups in total. The van der Waals surface area contributed by atoms with Gasteiger partial charge in [-0.05, 0) is 26.3 Å². The van der Waals surface area contributed by atoms with E-state index in [0.29, 0.717) is 13.2 Å². The lowest BCUT2D eigenvalue weighted by Crippen LogP contribution is -2.33. The van der Waals surface area contributed by atoms with Crippen LogP contribution in [0.2, 0.25) is 0 Å². The van der Waals surface area contributed by atoms with Gasteiger partial charge in [0, 0.05) is 12.5 Å². The predicted octanol–water partition coefficient (Wildman–Crippen LogP) is 2.61. The maximum absolute atomic E-state index is 12.8. The van der Waals surface area contributed by atoms with Crippen molar-refractivity contribution in [1.29, 1.82) is 0 Å². The Morgan fingerprint density at radius 1 is 1.25 bits per heavy atom. The van der Waals surface area contributed by atoms with E-state index in [9.17, 15) is 14.4 Å². The smallest absolute Gasteiger partial charge is 0.309 e. The van der Waals surface area contributed by atoms with E-state index in [-0.39, 0.29) is 29.6 Å². The lowest BCUT2D eigenvalue weighted by molar-refractivity contribution is -0.150. The van der Waals surface area contributed by atoms with Crippen LogP contribution in [0.25, 0.3) is 0 Å². The number of ketones is 1. The van der Waals surface area contributed by atoms with Crippen molar-refractivity contribution >= 4 is 17.7 Å². The average Bonchev–Trinajstić information content (AvgIpc) is 2.92. The predicted molar refractivity (Wildman–Crippen MR) is 90.0 cm³/mol. The highest BCUT2D eigenvalue weighted by molar-refractivity contribution is 6.02. The zero-order chi connectivity index (χ0) is 17.9. The molecule has 1 aromatic rings. The molecule has 1 saturated heterocycles. The number of rotatable bonds is 6. The second-order valence-corrected chi connectivity index (χ2v) is 6.37. The summed E-state index contributed by atoms with van der Waals surface area (Å²) >= 11 is 0. The number of carbonyl (C=O) groups excluding carboxylic acids is 3. The summed E-state index contributed by atoms with van der Waals surface area (Å²) in [4.78, 5) is 38.7. The van der Waals surface area contributed by atoms with Crippen molar-refractivity contribution in [3.8, 4) is 0 Å². The minimum atomic E-state index is -0.768. The molecule has 4 atom stereocenters.